The molecular weight excluding hydrogens is 233 g/mol. The van der Waals surface area contributed by atoms with Crippen LogP contribution in [0.15, 0.2) is 24.3 Å². The highest BCUT2D eigenvalue weighted by Gasteiger charge is 2.30. The molecule has 1 aromatic rings. The number of carbonyl (C=O) groups is 1. The molecule has 98 valence electrons. The summed E-state index contributed by atoms with van der Waals surface area (Å²) in [4.78, 5) is 11.2. The smallest absolute Gasteiger partial charge is 0.308 e. The van der Waals surface area contributed by atoms with Crippen molar-refractivity contribution in [2.45, 2.75) is 25.8 Å². The Kier molecular flexibility index (Phi) is 4.70. The summed E-state index contributed by atoms with van der Waals surface area (Å²) < 4.78 is 18.3. The van der Waals surface area contributed by atoms with Crippen molar-refractivity contribution in [1.82, 2.24) is 5.32 Å². The van der Waals surface area contributed by atoms with Gasteiger partial charge in [0, 0.05) is 12.1 Å². The van der Waals surface area contributed by atoms with Crippen LogP contribution in [0.25, 0.3) is 0 Å². The zero-order chi connectivity index (χ0) is 12.8. The SMILES string of the molecule is O=C(OCCCNCc1ccccc1F)C1CC1. The minimum atomic E-state index is -0.190. The molecule has 0 radical (unpaired) electrons. The number of nitrogens with one attached hydrogen (secondary N) is 1. The third-order valence-corrected chi connectivity index (χ3v) is 2.93. The lowest BCUT2D eigenvalue weighted by atomic mass is 10.2. The lowest BCUT2D eigenvalue weighted by Crippen LogP contribution is -2.18. The van der Waals surface area contributed by atoms with Crippen LogP contribution in [0.1, 0.15) is 24.8 Å². The average molecular weight is 251 g/mol. The molecule has 2 rings (SSSR count). The molecule has 0 bridgehead atoms. The van der Waals surface area contributed by atoms with Crippen molar-refractivity contribution in [3.63, 3.8) is 0 Å². The molecule has 4 heteroatoms. The Balaban J connectivity index is 1.53. The minimum absolute atomic E-state index is 0.0656. The molecule has 1 aromatic carbocycles. The summed E-state index contributed by atoms with van der Waals surface area (Å²) in [5.74, 6) is -0.0920. The van der Waals surface area contributed by atoms with E-state index >= 15 is 0 Å². The standard InChI is InChI=1S/C14H18FNO2/c15-13-5-2-1-4-12(13)10-16-8-3-9-18-14(17)11-6-7-11/h1-2,4-5,11,16H,3,6-10H2. The molecule has 0 heterocycles. The summed E-state index contributed by atoms with van der Waals surface area (Å²) in [5, 5.41) is 3.13. The summed E-state index contributed by atoms with van der Waals surface area (Å²) in [6.45, 7) is 1.66. The molecule has 0 atom stereocenters. The zero-order valence-corrected chi connectivity index (χ0v) is 10.3. The number of hydrogen-bond donors (Lipinski definition) is 1. The van der Waals surface area contributed by atoms with Gasteiger partial charge in [0.25, 0.3) is 0 Å². The highest BCUT2D eigenvalue weighted by atomic mass is 19.1. The van der Waals surface area contributed by atoms with Gasteiger partial charge in [0.15, 0.2) is 0 Å². The first-order chi connectivity index (χ1) is 8.77. The second-order valence-corrected chi connectivity index (χ2v) is 4.56. The number of benzene rings is 1. The van der Waals surface area contributed by atoms with Crippen molar-refractivity contribution in [2.75, 3.05) is 13.2 Å². The predicted molar refractivity (Wildman–Crippen MR) is 66.4 cm³/mol. The van der Waals surface area contributed by atoms with E-state index in [4.69, 9.17) is 4.74 Å². The molecule has 1 N–H and O–H groups in total. The molecule has 0 aromatic heterocycles. The Morgan fingerprint density at radius 3 is 2.89 bits per heavy atom. The summed E-state index contributed by atoms with van der Waals surface area (Å²) in [6, 6.07) is 6.71. The van der Waals surface area contributed by atoms with Crippen LogP contribution in [-0.2, 0) is 16.1 Å². The van der Waals surface area contributed by atoms with Crippen LogP contribution in [0.4, 0.5) is 4.39 Å². The van der Waals surface area contributed by atoms with Crippen LogP contribution in [0.3, 0.4) is 0 Å². The van der Waals surface area contributed by atoms with E-state index in [-0.39, 0.29) is 17.7 Å². The minimum Gasteiger partial charge on any atom is -0.465 e. The van der Waals surface area contributed by atoms with Crippen LogP contribution >= 0.6 is 0 Å². The lowest BCUT2D eigenvalue weighted by molar-refractivity contribution is -0.145. The van der Waals surface area contributed by atoms with E-state index in [0.29, 0.717) is 25.3 Å². The maximum absolute atomic E-state index is 13.3. The lowest BCUT2D eigenvalue weighted by Gasteiger charge is -2.06. The first kappa shape index (κ1) is 13.0. The highest BCUT2D eigenvalue weighted by molar-refractivity contribution is 5.74. The average Bonchev–Trinajstić information content (AvgIpc) is 3.19. The fourth-order valence-corrected chi connectivity index (χ4v) is 1.67. The largest absolute Gasteiger partial charge is 0.465 e. The van der Waals surface area contributed by atoms with Crippen LogP contribution in [-0.4, -0.2) is 19.1 Å². The molecule has 1 fully saturated rings. The topological polar surface area (TPSA) is 38.3 Å². The summed E-state index contributed by atoms with van der Waals surface area (Å²) in [5.41, 5.74) is 0.660. The van der Waals surface area contributed by atoms with Crippen molar-refractivity contribution in [3.8, 4) is 0 Å². The van der Waals surface area contributed by atoms with Crippen LogP contribution in [0.5, 0.6) is 0 Å². The number of halogens is 1. The summed E-state index contributed by atoms with van der Waals surface area (Å²) >= 11 is 0. The van der Waals surface area contributed by atoms with E-state index in [0.717, 1.165) is 19.3 Å². The van der Waals surface area contributed by atoms with Crippen molar-refractivity contribution < 1.29 is 13.9 Å². The van der Waals surface area contributed by atoms with Crippen molar-refractivity contribution >= 4 is 5.97 Å². The van der Waals surface area contributed by atoms with Crippen LogP contribution in [0.2, 0.25) is 0 Å². The predicted octanol–water partition coefficient (Wildman–Crippen LogP) is 2.26. The molecule has 0 saturated heterocycles. The monoisotopic (exact) mass is 251 g/mol. The van der Waals surface area contributed by atoms with Gasteiger partial charge >= 0.3 is 5.97 Å². The van der Waals surface area contributed by atoms with Gasteiger partial charge < -0.3 is 10.1 Å². The van der Waals surface area contributed by atoms with E-state index in [1.807, 2.05) is 6.07 Å². The quantitative estimate of drug-likeness (QED) is 0.596. The Morgan fingerprint density at radius 2 is 2.17 bits per heavy atom. The molecule has 3 nitrogen and oxygen atoms in total. The number of ether oxygens (including phenoxy) is 1. The van der Waals surface area contributed by atoms with Crippen molar-refractivity contribution in [3.05, 3.63) is 35.6 Å². The maximum atomic E-state index is 13.3. The molecule has 1 saturated carbocycles. The second kappa shape index (κ2) is 6.50. The van der Waals surface area contributed by atoms with E-state index < -0.39 is 0 Å². The Hall–Kier alpha value is -1.42. The summed E-state index contributed by atoms with van der Waals surface area (Å²) in [7, 11) is 0. The van der Waals surface area contributed by atoms with Crippen molar-refractivity contribution in [2.24, 2.45) is 5.92 Å². The number of hydrogen-bond acceptors (Lipinski definition) is 3. The molecule has 18 heavy (non-hydrogen) atoms. The van der Waals surface area contributed by atoms with E-state index in [2.05, 4.69) is 5.32 Å². The highest BCUT2D eigenvalue weighted by Crippen LogP contribution is 2.29. The molecule has 0 aliphatic heterocycles. The number of carbonyl (C=O) groups excluding carboxylic acids is 1. The van der Waals surface area contributed by atoms with E-state index in [1.54, 1.807) is 12.1 Å². The van der Waals surface area contributed by atoms with Crippen LogP contribution < -0.4 is 5.32 Å². The fourth-order valence-electron chi connectivity index (χ4n) is 1.67. The molecule has 0 amide bonds. The van der Waals surface area contributed by atoms with Gasteiger partial charge in [-0.15, -0.1) is 0 Å². The van der Waals surface area contributed by atoms with Gasteiger partial charge in [-0.2, -0.15) is 0 Å². The first-order valence-electron chi connectivity index (χ1n) is 6.38. The van der Waals surface area contributed by atoms with E-state index in [9.17, 15) is 9.18 Å². The first-order valence-corrected chi connectivity index (χ1v) is 6.38. The summed E-state index contributed by atoms with van der Waals surface area (Å²) in [6.07, 6.45) is 2.71. The normalized spacial score (nSPS) is 14.5. The van der Waals surface area contributed by atoms with Crippen LogP contribution in [0, 0.1) is 11.7 Å². The molecular formula is C14H18FNO2. The Bertz CT molecular complexity index is 405. The van der Waals surface area contributed by atoms with Gasteiger partial charge in [-0.3, -0.25) is 4.79 Å². The van der Waals surface area contributed by atoms with E-state index in [1.165, 1.54) is 6.07 Å². The maximum Gasteiger partial charge on any atom is 0.308 e. The van der Waals surface area contributed by atoms with Gasteiger partial charge in [-0.25, -0.2) is 4.39 Å². The van der Waals surface area contributed by atoms with Gasteiger partial charge in [-0.05, 0) is 31.9 Å². The van der Waals surface area contributed by atoms with Gasteiger partial charge in [-0.1, -0.05) is 18.2 Å². The van der Waals surface area contributed by atoms with Gasteiger partial charge in [0.05, 0.1) is 12.5 Å². The molecule has 0 unspecified atom stereocenters. The molecule has 1 aliphatic carbocycles. The third-order valence-electron chi connectivity index (χ3n) is 2.93. The van der Waals surface area contributed by atoms with Crippen molar-refractivity contribution in [1.29, 1.82) is 0 Å². The number of esters is 1. The third kappa shape index (κ3) is 4.11. The van der Waals surface area contributed by atoms with Gasteiger partial charge in [0.1, 0.15) is 5.82 Å². The second-order valence-electron chi connectivity index (χ2n) is 4.56. The zero-order valence-electron chi connectivity index (χ0n) is 10.3. The molecule has 1 aliphatic rings. The fraction of sp³-hybridized carbons (Fsp3) is 0.500. The molecule has 0 spiro atoms. The Labute approximate surface area is 106 Å². The Morgan fingerprint density at radius 1 is 1.39 bits per heavy atom. The number of rotatable bonds is 7. The van der Waals surface area contributed by atoms with Gasteiger partial charge in [0.2, 0.25) is 0 Å².